The Balaban J connectivity index is 1.64. The van der Waals surface area contributed by atoms with E-state index in [0.29, 0.717) is 25.0 Å². The highest BCUT2D eigenvalue weighted by Crippen LogP contribution is 2.26. The first-order chi connectivity index (χ1) is 12.1. The fourth-order valence-electron chi connectivity index (χ4n) is 2.85. The van der Waals surface area contributed by atoms with E-state index in [4.69, 9.17) is 5.73 Å². The summed E-state index contributed by atoms with van der Waals surface area (Å²) in [6, 6.07) is 0.284. The second kappa shape index (κ2) is 8.17. The van der Waals surface area contributed by atoms with E-state index in [9.17, 15) is 10.1 Å². The SMILES string of the molecule is N[C@H]1CC[C@H](CNc2nc(NCc3nccs3)ncc2[N+](=O)[O-])CC1. The molecule has 0 aromatic carbocycles. The highest BCUT2D eigenvalue weighted by atomic mass is 32.1. The lowest BCUT2D eigenvalue weighted by atomic mass is 9.86. The van der Waals surface area contributed by atoms with Crippen LogP contribution in [-0.4, -0.2) is 32.5 Å². The van der Waals surface area contributed by atoms with Gasteiger partial charge in [-0.05, 0) is 31.6 Å². The van der Waals surface area contributed by atoms with Gasteiger partial charge >= 0.3 is 5.69 Å². The van der Waals surface area contributed by atoms with E-state index in [1.54, 1.807) is 6.20 Å². The van der Waals surface area contributed by atoms with Crippen molar-refractivity contribution in [1.82, 2.24) is 15.0 Å². The molecule has 25 heavy (non-hydrogen) atoms. The zero-order chi connectivity index (χ0) is 17.6. The molecule has 1 saturated carbocycles. The van der Waals surface area contributed by atoms with Gasteiger partial charge in [-0.3, -0.25) is 10.1 Å². The van der Waals surface area contributed by atoms with Crippen LogP contribution in [0.3, 0.4) is 0 Å². The van der Waals surface area contributed by atoms with Crippen LogP contribution in [0.5, 0.6) is 0 Å². The number of nitrogens with one attached hydrogen (secondary N) is 2. The van der Waals surface area contributed by atoms with Crippen molar-refractivity contribution in [3.05, 3.63) is 32.9 Å². The Morgan fingerprint density at radius 3 is 2.76 bits per heavy atom. The molecule has 0 amide bonds. The van der Waals surface area contributed by atoms with Crippen LogP contribution in [-0.2, 0) is 6.54 Å². The van der Waals surface area contributed by atoms with E-state index in [2.05, 4.69) is 25.6 Å². The van der Waals surface area contributed by atoms with Crippen LogP contribution in [0.15, 0.2) is 17.8 Å². The summed E-state index contributed by atoms with van der Waals surface area (Å²) in [5, 5.41) is 20.2. The average molecular weight is 363 g/mol. The summed E-state index contributed by atoms with van der Waals surface area (Å²) in [5.74, 6) is 1.05. The lowest BCUT2D eigenvalue weighted by Crippen LogP contribution is -2.29. The minimum Gasteiger partial charge on any atom is -0.364 e. The number of hydrogen-bond donors (Lipinski definition) is 3. The molecule has 0 saturated heterocycles. The normalized spacial score (nSPS) is 20.2. The Hall–Kier alpha value is -2.33. The van der Waals surface area contributed by atoms with E-state index in [-0.39, 0.29) is 17.5 Å². The summed E-state index contributed by atoms with van der Waals surface area (Å²) in [4.78, 5) is 23.2. The lowest BCUT2D eigenvalue weighted by molar-refractivity contribution is -0.384. The standard InChI is InChI=1S/C15H21N7O2S/c16-11-3-1-10(2-4-11)7-18-14-12(22(23)24)8-19-15(21-14)20-9-13-17-5-6-25-13/h5-6,8,10-11H,1-4,7,9,16H2,(H2,18,19,20,21)/t10-,11-. The lowest BCUT2D eigenvalue weighted by Gasteiger charge is -2.26. The number of thiazole rings is 1. The van der Waals surface area contributed by atoms with Crippen LogP contribution in [0.1, 0.15) is 30.7 Å². The molecule has 0 unspecified atom stereocenters. The Kier molecular flexibility index (Phi) is 5.71. The van der Waals surface area contributed by atoms with Crippen LogP contribution in [0.2, 0.25) is 0 Å². The van der Waals surface area contributed by atoms with Gasteiger partial charge in [0.2, 0.25) is 11.8 Å². The molecule has 10 heteroatoms. The predicted molar refractivity (Wildman–Crippen MR) is 96.6 cm³/mol. The van der Waals surface area contributed by atoms with Crippen molar-refractivity contribution in [1.29, 1.82) is 0 Å². The van der Waals surface area contributed by atoms with E-state index in [0.717, 1.165) is 30.7 Å². The Labute approximate surface area is 149 Å². The maximum absolute atomic E-state index is 11.2. The molecule has 1 aliphatic rings. The van der Waals surface area contributed by atoms with Gasteiger partial charge in [-0.1, -0.05) is 0 Å². The highest BCUT2D eigenvalue weighted by Gasteiger charge is 2.21. The highest BCUT2D eigenvalue weighted by molar-refractivity contribution is 7.09. The minimum atomic E-state index is -0.469. The van der Waals surface area contributed by atoms with Gasteiger partial charge in [0.05, 0.1) is 11.5 Å². The molecule has 0 atom stereocenters. The van der Waals surface area contributed by atoms with Crippen molar-refractivity contribution < 1.29 is 4.92 Å². The Morgan fingerprint density at radius 1 is 1.28 bits per heavy atom. The van der Waals surface area contributed by atoms with Gasteiger partial charge < -0.3 is 16.4 Å². The maximum atomic E-state index is 11.2. The number of rotatable bonds is 7. The second-order valence-corrected chi connectivity index (χ2v) is 7.10. The maximum Gasteiger partial charge on any atom is 0.329 e. The smallest absolute Gasteiger partial charge is 0.329 e. The van der Waals surface area contributed by atoms with Gasteiger partial charge in [0.15, 0.2) is 0 Å². The van der Waals surface area contributed by atoms with Crippen molar-refractivity contribution in [3.8, 4) is 0 Å². The third-order valence-electron chi connectivity index (χ3n) is 4.30. The van der Waals surface area contributed by atoms with Crippen LogP contribution in [0.25, 0.3) is 0 Å². The summed E-state index contributed by atoms with van der Waals surface area (Å²) < 4.78 is 0. The molecule has 2 aromatic heterocycles. The molecular formula is C15H21N7O2S. The van der Waals surface area contributed by atoms with Crippen molar-refractivity contribution >= 4 is 28.8 Å². The molecule has 1 fully saturated rings. The van der Waals surface area contributed by atoms with E-state index in [1.165, 1.54) is 17.5 Å². The predicted octanol–water partition coefficient (Wildman–Crippen LogP) is 2.38. The van der Waals surface area contributed by atoms with Crippen LogP contribution in [0.4, 0.5) is 17.5 Å². The Bertz CT molecular complexity index is 702. The first-order valence-corrected chi connectivity index (χ1v) is 9.13. The number of nitrogens with two attached hydrogens (primary N) is 1. The number of anilines is 2. The summed E-state index contributed by atoms with van der Waals surface area (Å²) in [6.07, 6.45) is 7.01. The van der Waals surface area contributed by atoms with Crippen LogP contribution >= 0.6 is 11.3 Å². The summed E-state index contributed by atoms with van der Waals surface area (Å²) in [6.45, 7) is 1.13. The monoisotopic (exact) mass is 363 g/mol. The Morgan fingerprint density at radius 2 is 2.08 bits per heavy atom. The van der Waals surface area contributed by atoms with E-state index in [1.807, 2.05) is 5.38 Å². The van der Waals surface area contributed by atoms with Crippen molar-refractivity contribution in [2.45, 2.75) is 38.3 Å². The molecule has 134 valence electrons. The van der Waals surface area contributed by atoms with Gasteiger partial charge in [-0.2, -0.15) is 4.98 Å². The average Bonchev–Trinajstić information content (AvgIpc) is 3.13. The quantitative estimate of drug-likeness (QED) is 0.504. The van der Waals surface area contributed by atoms with E-state index >= 15 is 0 Å². The second-order valence-electron chi connectivity index (χ2n) is 6.13. The van der Waals surface area contributed by atoms with Gasteiger partial charge in [0.25, 0.3) is 0 Å². The summed E-state index contributed by atoms with van der Waals surface area (Å²) in [5.41, 5.74) is 5.80. The zero-order valence-electron chi connectivity index (χ0n) is 13.7. The number of nitro groups is 1. The molecule has 0 bridgehead atoms. The zero-order valence-corrected chi connectivity index (χ0v) is 14.5. The first-order valence-electron chi connectivity index (χ1n) is 8.25. The summed E-state index contributed by atoms with van der Waals surface area (Å²) in [7, 11) is 0. The van der Waals surface area contributed by atoms with Crippen LogP contribution < -0.4 is 16.4 Å². The van der Waals surface area contributed by atoms with Crippen LogP contribution in [0, 0.1) is 16.0 Å². The topological polar surface area (TPSA) is 132 Å². The van der Waals surface area contributed by atoms with Gasteiger partial charge in [0, 0.05) is 24.2 Å². The molecule has 3 rings (SSSR count). The molecule has 4 N–H and O–H groups in total. The van der Waals surface area contributed by atoms with Crippen molar-refractivity contribution in [3.63, 3.8) is 0 Å². The number of hydrogen-bond acceptors (Lipinski definition) is 9. The van der Waals surface area contributed by atoms with E-state index < -0.39 is 4.92 Å². The molecule has 1 aliphatic carbocycles. The van der Waals surface area contributed by atoms with Crippen molar-refractivity contribution in [2.75, 3.05) is 17.2 Å². The molecule has 2 aromatic rings. The minimum absolute atomic E-state index is 0.118. The molecule has 2 heterocycles. The van der Waals surface area contributed by atoms with Crippen molar-refractivity contribution in [2.24, 2.45) is 11.7 Å². The molecule has 0 aliphatic heterocycles. The third kappa shape index (κ3) is 4.83. The molecule has 0 radical (unpaired) electrons. The van der Waals surface area contributed by atoms with Gasteiger partial charge in [-0.15, -0.1) is 11.3 Å². The number of nitrogens with zero attached hydrogens (tertiary/aromatic N) is 4. The fourth-order valence-corrected chi connectivity index (χ4v) is 3.41. The van der Waals surface area contributed by atoms with Gasteiger partial charge in [0.1, 0.15) is 11.2 Å². The number of aromatic nitrogens is 3. The summed E-state index contributed by atoms with van der Waals surface area (Å²) >= 11 is 1.52. The first kappa shape index (κ1) is 17.5. The molecule has 0 spiro atoms. The van der Waals surface area contributed by atoms with Gasteiger partial charge in [-0.25, -0.2) is 9.97 Å². The fraction of sp³-hybridized carbons (Fsp3) is 0.533. The molecular weight excluding hydrogens is 342 g/mol. The third-order valence-corrected chi connectivity index (χ3v) is 5.08. The molecule has 9 nitrogen and oxygen atoms in total. The largest absolute Gasteiger partial charge is 0.364 e.